The number of unbranched alkanes of at least 4 members (excludes halogenated alkanes) is 50. The van der Waals surface area contributed by atoms with Gasteiger partial charge in [0.25, 0.3) is 0 Å². The number of hydrogen-bond acceptors (Lipinski definition) is 3. The van der Waals surface area contributed by atoms with E-state index < -0.39 is 12.1 Å². The largest absolute Gasteiger partial charge is 0.394 e. The average Bonchev–Trinajstić information content (AvgIpc) is 3.31. The first kappa shape index (κ1) is 64.1. The highest BCUT2D eigenvalue weighted by Gasteiger charge is 2.18. The van der Waals surface area contributed by atoms with Crippen LogP contribution in [-0.4, -0.2) is 34.9 Å². The third kappa shape index (κ3) is 53.9. The van der Waals surface area contributed by atoms with E-state index in [1.54, 1.807) is 6.08 Å². The Morgan fingerprint density at radius 2 is 0.569 bits per heavy atom. The molecule has 3 N–H and O–H groups in total. The summed E-state index contributed by atoms with van der Waals surface area (Å²) in [6, 6.07) is -0.618. The number of allylic oxidation sites excluding steroid dienone is 1. The molecular formula is C61H121NO3. The van der Waals surface area contributed by atoms with Gasteiger partial charge < -0.3 is 15.5 Å². The number of aliphatic hydroxyl groups is 2. The highest BCUT2D eigenvalue weighted by atomic mass is 16.3. The van der Waals surface area contributed by atoms with Crippen LogP contribution in [0.4, 0.5) is 0 Å². The molecule has 4 heteroatoms. The lowest BCUT2D eigenvalue weighted by Crippen LogP contribution is -2.45. The predicted molar refractivity (Wildman–Crippen MR) is 290 cm³/mol. The van der Waals surface area contributed by atoms with Crippen LogP contribution in [0.2, 0.25) is 0 Å². The van der Waals surface area contributed by atoms with Crippen molar-refractivity contribution in [1.29, 1.82) is 0 Å². The molecule has 0 spiro atoms. The number of amides is 1. The summed E-state index contributed by atoms with van der Waals surface area (Å²) >= 11 is 0. The monoisotopic (exact) mass is 916 g/mol. The van der Waals surface area contributed by atoms with Crippen molar-refractivity contribution in [2.24, 2.45) is 0 Å². The van der Waals surface area contributed by atoms with E-state index in [0.717, 1.165) is 25.7 Å². The van der Waals surface area contributed by atoms with Crippen LogP contribution in [0, 0.1) is 0 Å². The van der Waals surface area contributed by atoms with Crippen molar-refractivity contribution in [3.05, 3.63) is 12.2 Å². The molecule has 65 heavy (non-hydrogen) atoms. The van der Waals surface area contributed by atoms with Crippen molar-refractivity contribution < 1.29 is 15.0 Å². The van der Waals surface area contributed by atoms with Gasteiger partial charge in [-0.3, -0.25) is 4.79 Å². The molecule has 4 nitrogen and oxygen atoms in total. The lowest BCUT2D eigenvalue weighted by Gasteiger charge is -2.20. The average molecular weight is 917 g/mol. The highest BCUT2D eigenvalue weighted by molar-refractivity contribution is 5.76. The molecule has 0 aliphatic rings. The lowest BCUT2D eigenvalue weighted by atomic mass is 10.0. The second-order valence-electron chi connectivity index (χ2n) is 21.1. The maximum absolute atomic E-state index is 12.5. The van der Waals surface area contributed by atoms with E-state index in [2.05, 4.69) is 19.2 Å². The highest BCUT2D eigenvalue weighted by Crippen LogP contribution is 2.19. The van der Waals surface area contributed by atoms with Gasteiger partial charge in [0, 0.05) is 6.42 Å². The van der Waals surface area contributed by atoms with E-state index in [1.165, 1.54) is 308 Å². The molecule has 388 valence electrons. The van der Waals surface area contributed by atoms with Gasteiger partial charge >= 0.3 is 0 Å². The molecule has 2 atom stereocenters. The molecule has 0 aromatic heterocycles. The summed E-state index contributed by atoms with van der Waals surface area (Å²) in [6.45, 7) is 4.35. The third-order valence-corrected chi connectivity index (χ3v) is 14.5. The molecule has 0 radical (unpaired) electrons. The van der Waals surface area contributed by atoms with Gasteiger partial charge in [0.15, 0.2) is 0 Å². The number of nitrogens with one attached hydrogen (secondary N) is 1. The molecule has 0 aromatic carbocycles. The van der Waals surface area contributed by atoms with Crippen LogP contribution >= 0.6 is 0 Å². The maximum atomic E-state index is 12.5. The van der Waals surface area contributed by atoms with Crippen molar-refractivity contribution in [3.63, 3.8) is 0 Å². The number of rotatable bonds is 57. The molecule has 0 aliphatic heterocycles. The quantitative estimate of drug-likeness (QED) is 0.0421. The van der Waals surface area contributed by atoms with E-state index >= 15 is 0 Å². The summed E-state index contributed by atoms with van der Waals surface area (Å²) in [5, 5.41) is 23.1. The zero-order valence-electron chi connectivity index (χ0n) is 44.8. The van der Waals surface area contributed by atoms with Gasteiger partial charge in [-0.2, -0.15) is 0 Å². The lowest BCUT2D eigenvalue weighted by molar-refractivity contribution is -0.123. The first-order chi connectivity index (χ1) is 32.2. The van der Waals surface area contributed by atoms with Gasteiger partial charge in [0.05, 0.1) is 18.8 Å². The minimum Gasteiger partial charge on any atom is -0.394 e. The summed E-state index contributed by atoms with van der Waals surface area (Å²) in [6.07, 6.45) is 75.5. The molecule has 1 amide bonds. The fourth-order valence-corrected chi connectivity index (χ4v) is 9.89. The molecule has 0 saturated heterocycles. The van der Waals surface area contributed by atoms with Crippen molar-refractivity contribution in [2.45, 2.75) is 366 Å². The van der Waals surface area contributed by atoms with E-state index in [1.807, 2.05) is 6.08 Å². The van der Waals surface area contributed by atoms with Crippen LogP contribution in [0.3, 0.4) is 0 Å². The molecule has 0 saturated carbocycles. The Morgan fingerprint density at radius 3 is 0.800 bits per heavy atom. The maximum Gasteiger partial charge on any atom is 0.220 e. The Bertz CT molecular complexity index is 905. The molecule has 0 bridgehead atoms. The normalized spacial score (nSPS) is 12.7. The fourth-order valence-electron chi connectivity index (χ4n) is 9.89. The van der Waals surface area contributed by atoms with Gasteiger partial charge in [0.2, 0.25) is 5.91 Å². The molecule has 2 unspecified atom stereocenters. The van der Waals surface area contributed by atoms with Crippen molar-refractivity contribution in [1.82, 2.24) is 5.32 Å². The molecule has 0 fully saturated rings. The smallest absolute Gasteiger partial charge is 0.220 e. The molecule has 0 aromatic rings. The Kier molecular flexibility index (Phi) is 56.7. The summed E-state index contributed by atoms with van der Waals surface area (Å²) in [5.41, 5.74) is 0. The first-order valence-corrected chi connectivity index (χ1v) is 30.4. The SMILES string of the molecule is CCCCCCCCCCCCCCCC/C=C/C(O)C(CO)NC(=O)CCCCCCCCCCCCCCCCCCCCCCCCCCCCCCCCCCCCCCC. The molecule has 0 aliphatic carbocycles. The van der Waals surface area contributed by atoms with Gasteiger partial charge in [-0.25, -0.2) is 0 Å². The zero-order valence-corrected chi connectivity index (χ0v) is 44.8. The van der Waals surface area contributed by atoms with Crippen LogP contribution in [0.1, 0.15) is 354 Å². The van der Waals surface area contributed by atoms with Crippen LogP contribution in [0.25, 0.3) is 0 Å². The Balaban J connectivity index is 3.36. The van der Waals surface area contributed by atoms with Crippen molar-refractivity contribution >= 4 is 5.91 Å². The predicted octanol–water partition coefficient (Wildman–Crippen LogP) is 20.1. The minimum absolute atomic E-state index is 0.0558. The summed E-state index contributed by atoms with van der Waals surface area (Å²) < 4.78 is 0. The van der Waals surface area contributed by atoms with Crippen LogP contribution in [-0.2, 0) is 4.79 Å². The zero-order chi connectivity index (χ0) is 47.0. The van der Waals surface area contributed by atoms with E-state index in [0.29, 0.717) is 6.42 Å². The topological polar surface area (TPSA) is 69.6 Å². The second-order valence-corrected chi connectivity index (χ2v) is 21.1. The number of hydrogen-bond donors (Lipinski definition) is 3. The molecule has 0 heterocycles. The second kappa shape index (κ2) is 57.4. The first-order valence-electron chi connectivity index (χ1n) is 30.4. The van der Waals surface area contributed by atoms with Crippen LogP contribution < -0.4 is 5.32 Å². The Hall–Kier alpha value is -0.870. The third-order valence-electron chi connectivity index (χ3n) is 14.5. The van der Waals surface area contributed by atoms with Crippen LogP contribution in [0.5, 0.6) is 0 Å². The number of aliphatic hydroxyl groups excluding tert-OH is 2. The Morgan fingerprint density at radius 1 is 0.354 bits per heavy atom. The Labute approximate surface area is 409 Å². The van der Waals surface area contributed by atoms with Gasteiger partial charge in [-0.05, 0) is 19.3 Å². The fraction of sp³-hybridized carbons (Fsp3) is 0.951. The van der Waals surface area contributed by atoms with Crippen molar-refractivity contribution in [3.8, 4) is 0 Å². The number of carbonyl (C=O) groups is 1. The van der Waals surface area contributed by atoms with Gasteiger partial charge in [-0.15, -0.1) is 0 Å². The summed E-state index contributed by atoms with van der Waals surface area (Å²) in [4.78, 5) is 12.5. The standard InChI is InChI=1S/C61H121NO3/c1-3-5-7-9-11-13-15-17-19-21-22-23-24-25-26-27-28-29-30-31-32-33-34-35-36-37-38-39-40-41-43-45-47-49-51-53-55-57-61(65)62-59(58-63)60(64)56-54-52-50-48-46-44-42-20-18-16-14-12-10-8-6-4-2/h54,56,59-60,63-64H,3-53,55,57-58H2,1-2H3,(H,62,65)/b56-54+. The van der Waals surface area contributed by atoms with E-state index in [-0.39, 0.29) is 12.5 Å². The van der Waals surface area contributed by atoms with Crippen molar-refractivity contribution in [2.75, 3.05) is 6.61 Å². The van der Waals surface area contributed by atoms with E-state index in [4.69, 9.17) is 0 Å². The van der Waals surface area contributed by atoms with Crippen LogP contribution in [0.15, 0.2) is 12.2 Å². The van der Waals surface area contributed by atoms with Gasteiger partial charge in [0.1, 0.15) is 0 Å². The number of carbonyl (C=O) groups excluding carboxylic acids is 1. The minimum atomic E-state index is -0.835. The molecular weight excluding hydrogens is 795 g/mol. The van der Waals surface area contributed by atoms with E-state index in [9.17, 15) is 15.0 Å². The van der Waals surface area contributed by atoms with Gasteiger partial charge in [-0.1, -0.05) is 341 Å². The summed E-state index contributed by atoms with van der Waals surface area (Å²) in [5.74, 6) is -0.0558. The molecule has 0 rings (SSSR count). The summed E-state index contributed by atoms with van der Waals surface area (Å²) in [7, 11) is 0.